The molecule has 2 aromatic carbocycles. The van der Waals surface area contributed by atoms with Crippen LogP contribution in [-0.4, -0.2) is 24.3 Å². The van der Waals surface area contributed by atoms with Crippen LogP contribution in [0.3, 0.4) is 0 Å². The number of para-hydroxylation sites is 1. The van der Waals surface area contributed by atoms with E-state index in [9.17, 15) is 14.4 Å². The van der Waals surface area contributed by atoms with Gasteiger partial charge >= 0.3 is 0 Å². The molecule has 0 atom stereocenters. The predicted molar refractivity (Wildman–Crippen MR) is 122 cm³/mol. The van der Waals surface area contributed by atoms with E-state index in [2.05, 4.69) is 11.4 Å². The zero-order valence-electron chi connectivity index (χ0n) is 16.8. The van der Waals surface area contributed by atoms with Crippen molar-refractivity contribution in [1.82, 2.24) is 0 Å². The summed E-state index contributed by atoms with van der Waals surface area (Å²) in [5.41, 5.74) is 4.07. The molecule has 5 rings (SSSR count). The quantitative estimate of drug-likeness (QED) is 0.635. The molecular weight excluding hydrogens is 410 g/mol. The second-order valence-electron chi connectivity index (χ2n) is 7.41. The number of fused-ring (bicyclic) bond motifs is 1. The van der Waals surface area contributed by atoms with Gasteiger partial charge in [0.15, 0.2) is 0 Å². The normalized spacial score (nSPS) is 15.6. The zero-order valence-corrected chi connectivity index (χ0v) is 17.6. The number of anilines is 3. The van der Waals surface area contributed by atoms with Gasteiger partial charge in [-0.1, -0.05) is 24.3 Å². The zero-order chi connectivity index (χ0) is 21.5. The minimum atomic E-state index is -0.336. The third kappa shape index (κ3) is 3.23. The number of hydrogen-bond donors (Lipinski definition) is 1. The molecule has 2 aliphatic heterocycles. The highest BCUT2D eigenvalue weighted by Gasteiger charge is 2.44. The van der Waals surface area contributed by atoms with Crippen LogP contribution in [0.4, 0.5) is 17.1 Å². The van der Waals surface area contributed by atoms with Crippen molar-refractivity contribution in [2.24, 2.45) is 0 Å². The predicted octanol–water partition coefficient (Wildman–Crippen LogP) is 4.05. The van der Waals surface area contributed by atoms with Crippen LogP contribution < -0.4 is 15.1 Å². The molecule has 0 saturated heterocycles. The second-order valence-corrected chi connectivity index (χ2v) is 8.35. The van der Waals surface area contributed by atoms with E-state index >= 15 is 0 Å². The Morgan fingerprint density at radius 3 is 2.45 bits per heavy atom. The van der Waals surface area contributed by atoms with Gasteiger partial charge in [-0.05, 0) is 53.8 Å². The first-order chi connectivity index (χ1) is 15.0. The lowest BCUT2D eigenvalue weighted by atomic mass is 10.1. The molecule has 0 aliphatic carbocycles. The van der Waals surface area contributed by atoms with E-state index in [4.69, 9.17) is 0 Å². The van der Waals surface area contributed by atoms with Gasteiger partial charge in [0.1, 0.15) is 5.70 Å². The number of rotatable bonds is 4. The summed E-state index contributed by atoms with van der Waals surface area (Å²) in [5, 5.41) is 4.60. The summed E-state index contributed by atoms with van der Waals surface area (Å²) in [7, 11) is 0. The highest BCUT2D eigenvalue weighted by Crippen LogP contribution is 2.41. The summed E-state index contributed by atoms with van der Waals surface area (Å²) in [6.45, 7) is 2.08. The van der Waals surface area contributed by atoms with Gasteiger partial charge in [0.25, 0.3) is 11.8 Å². The van der Waals surface area contributed by atoms with Crippen molar-refractivity contribution in [1.29, 1.82) is 0 Å². The number of thiophene rings is 1. The fraction of sp³-hybridized carbons (Fsp3) is 0.125. The minimum absolute atomic E-state index is 0.183. The average molecular weight is 430 g/mol. The van der Waals surface area contributed by atoms with Gasteiger partial charge in [-0.25, -0.2) is 4.90 Å². The van der Waals surface area contributed by atoms with Crippen molar-refractivity contribution in [2.75, 3.05) is 21.7 Å². The van der Waals surface area contributed by atoms with Crippen LogP contribution in [0.1, 0.15) is 17.4 Å². The van der Waals surface area contributed by atoms with Crippen LogP contribution in [0.2, 0.25) is 0 Å². The highest BCUT2D eigenvalue weighted by molar-refractivity contribution is 7.11. The van der Waals surface area contributed by atoms with Crippen LogP contribution in [0.25, 0.3) is 5.57 Å². The van der Waals surface area contributed by atoms with E-state index in [1.54, 1.807) is 24.3 Å². The molecule has 31 heavy (non-hydrogen) atoms. The number of hydrogen-bond acceptors (Lipinski definition) is 5. The number of imide groups is 1. The molecular formula is C24H19N3O3S. The molecule has 0 radical (unpaired) electrons. The second kappa shape index (κ2) is 7.52. The van der Waals surface area contributed by atoms with Crippen molar-refractivity contribution in [3.63, 3.8) is 0 Å². The monoisotopic (exact) mass is 429 g/mol. The summed E-state index contributed by atoms with van der Waals surface area (Å²) in [6.07, 6.45) is 0.824. The Kier molecular flexibility index (Phi) is 4.67. The molecule has 6 nitrogen and oxygen atoms in total. The van der Waals surface area contributed by atoms with Gasteiger partial charge in [0, 0.05) is 29.7 Å². The maximum Gasteiger partial charge on any atom is 0.282 e. The summed E-state index contributed by atoms with van der Waals surface area (Å²) >= 11 is 1.44. The van der Waals surface area contributed by atoms with Crippen molar-refractivity contribution >= 4 is 51.7 Å². The number of amides is 3. The largest absolute Gasteiger partial charge is 0.336 e. The third-order valence-electron chi connectivity index (χ3n) is 5.43. The summed E-state index contributed by atoms with van der Waals surface area (Å²) in [5.74, 6) is -0.853. The van der Waals surface area contributed by atoms with Crippen molar-refractivity contribution < 1.29 is 14.4 Å². The van der Waals surface area contributed by atoms with E-state index in [1.807, 2.05) is 40.6 Å². The fourth-order valence-corrected chi connectivity index (χ4v) is 4.88. The van der Waals surface area contributed by atoms with Crippen molar-refractivity contribution in [3.8, 4) is 0 Å². The number of carbonyl (C=O) groups is 3. The first-order valence-corrected chi connectivity index (χ1v) is 10.8. The van der Waals surface area contributed by atoms with Gasteiger partial charge in [0.05, 0.1) is 11.3 Å². The highest BCUT2D eigenvalue weighted by atomic mass is 32.1. The SMILES string of the molecule is CC(=O)Nc1ccc(N2C(=O)C(c3cccs3)=C(N3CCc4ccccc43)C2=O)cc1. The molecule has 2 aliphatic rings. The minimum Gasteiger partial charge on any atom is -0.336 e. The Balaban J connectivity index is 1.58. The van der Waals surface area contributed by atoms with Gasteiger partial charge < -0.3 is 10.2 Å². The van der Waals surface area contributed by atoms with Crippen LogP contribution >= 0.6 is 11.3 Å². The fourth-order valence-electron chi connectivity index (χ4n) is 4.11. The van der Waals surface area contributed by atoms with Gasteiger partial charge in [-0.3, -0.25) is 14.4 Å². The topological polar surface area (TPSA) is 69.7 Å². The number of benzene rings is 2. The Bertz CT molecular complexity index is 1230. The standard InChI is InChI=1S/C24H19N3O3S/c1-15(28)25-17-8-10-18(11-9-17)27-23(29)21(20-7-4-14-31-20)22(24(27)30)26-13-12-16-5-2-3-6-19(16)26/h2-11,14H,12-13H2,1H3,(H,25,28). The Morgan fingerprint density at radius 1 is 0.968 bits per heavy atom. The molecule has 0 bridgehead atoms. The molecule has 3 heterocycles. The van der Waals surface area contributed by atoms with Crippen molar-refractivity contribution in [2.45, 2.75) is 13.3 Å². The van der Waals surface area contributed by atoms with Gasteiger partial charge in [-0.15, -0.1) is 11.3 Å². The molecule has 154 valence electrons. The van der Waals surface area contributed by atoms with Crippen molar-refractivity contribution in [3.05, 3.63) is 82.2 Å². The molecule has 3 aromatic rings. The summed E-state index contributed by atoms with van der Waals surface area (Å²) < 4.78 is 0. The first kappa shape index (κ1) is 19.3. The van der Waals surface area contributed by atoms with Crippen LogP contribution in [0.5, 0.6) is 0 Å². The molecule has 0 spiro atoms. The Labute approximate surface area is 183 Å². The van der Waals surface area contributed by atoms with E-state index in [0.717, 1.165) is 17.0 Å². The Morgan fingerprint density at radius 2 is 1.74 bits per heavy atom. The number of carbonyl (C=O) groups excluding carboxylic acids is 3. The lowest BCUT2D eigenvalue weighted by Gasteiger charge is -2.21. The molecule has 3 amide bonds. The molecule has 0 fully saturated rings. The van der Waals surface area contributed by atoms with E-state index in [1.165, 1.54) is 28.7 Å². The molecule has 1 aromatic heterocycles. The van der Waals surface area contributed by atoms with E-state index in [0.29, 0.717) is 29.2 Å². The van der Waals surface area contributed by atoms with E-state index < -0.39 is 0 Å². The van der Waals surface area contributed by atoms with E-state index in [-0.39, 0.29) is 17.7 Å². The molecule has 7 heteroatoms. The molecule has 1 N–H and O–H groups in total. The van der Waals surface area contributed by atoms with Gasteiger partial charge in [0.2, 0.25) is 5.91 Å². The number of nitrogens with zero attached hydrogens (tertiary/aromatic N) is 2. The first-order valence-electron chi connectivity index (χ1n) is 9.94. The average Bonchev–Trinajstić information content (AvgIpc) is 3.47. The molecule has 0 unspecified atom stereocenters. The lowest BCUT2D eigenvalue weighted by molar-refractivity contribution is -0.120. The van der Waals surface area contributed by atoms with Gasteiger partial charge in [-0.2, -0.15) is 0 Å². The Hall–Kier alpha value is -3.71. The third-order valence-corrected chi connectivity index (χ3v) is 6.32. The summed E-state index contributed by atoms with van der Waals surface area (Å²) in [6, 6.07) is 18.5. The van der Waals surface area contributed by atoms with Crippen LogP contribution in [-0.2, 0) is 20.8 Å². The lowest BCUT2D eigenvalue weighted by Crippen LogP contribution is -2.34. The maximum absolute atomic E-state index is 13.6. The maximum atomic E-state index is 13.6. The van der Waals surface area contributed by atoms with Crippen LogP contribution in [0, 0.1) is 0 Å². The van der Waals surface area contributed by atoms with Crippen LogP contribution in [0.15, 0.2) is 71.7 Å². The smallest absolute Gasteiger partial charge is 0.282 e. The summed E-state index contributed by atoms with van der Waals surface area (Å²) in [4.78, 5) is 42.4. The molecule has 0 saturated carbocycles. The number of nitrogens with one attached hydrogen (secondary N) is 1.